The van der Waals surface area contributed by atoms with Crippen LogP contribution in [-0.4, -0.2) is 97.5 Å². The molecule has 3 aliphatic rings. The number of aromatic hydroxyl groups is 2. The molecule has 1 saturated heterocycles. The van der Waals surface area contributed by atoms with Gasteiger partial charge in [-0.2, -0.15) is 0 Å². The van der Waals surface area contributed by atoms with Crippen molar-refractivity contribution in [1.29, 1.82) is 0 Å². The molecule has 0 spiro atoms. The minimum absolute atomic E-state index is 0.00814. The number of fused-ring (bicyclic) bond motifs is 1. The maximum Gasteiger partial charge on any atom is 0.262 e. The van der Waals surface area contributed by atoms with Crippen molar-refractivity contribution < 1.29 is 29.3 Å². The third kappa shape index (κ3) is 8.42. The number of phenolic OH excluding ortho intramolecular Hbond substituents is 2. The number of carbonyl (C=O) groups excluding carboxylic acids is 2. The summed E-state index contributed by atoms with van der Waals surface area (Å²) in [5.74, 6) is 1.24. The van der Waals surface area contributed by atoms with E-state index < -0.39 is 0 Å². The molecule has 0 bridgehead atoms. The minimum atomic E-state index is -0.283. The predicted octanol–water partition coefficient (Wildman–Crippen LogP) is 4.85. The molecule has 1 aliphatic carbocycles. The highest BCUT2D eigenvalue weighted by Crippen LogP contribution is 2.45. The van der Waals surface area contributed by atoms with E-state index in [4.69, 9.17) is 9.47 Å². The highest BCUT2D eigenvalue weighted by molar-refractivity contribution is 5.97. The van der Waals surface area contributed by atoms with Gasteiger partial charge in [-0.15, -0.1) is 0 Å². The Morgan fingerprint density at radius 3 is 2.56 bits per heavy atom. The smallest absolute Gasteiger partial charge is 0.262 e. The first kappa shape index (κ1) is 35.7. The van der Waals surface area contributed by atoms with Gasteiger partial charge in [0.1, 0.15) is 17.2 Å². The fourth-order valence-corrected chi connectivity index (χ4v) is 7.54. The van der Waals surface area contributed by atoms with Crippen molar-refractivity contribution in [2.75, 3.05) is 64.9 Å². The molecule has 2 fully saturated rings. The Morgan fingerprint density at radius 1 is 1.04 bits per heavy atom. The monoisotopic (exact) mass is 684 g/mol. The number of amides is 2. The van der Waals surface area contributed by atoms with E-state index in [9.17, 15) is 19.8 Å². The molecule has 3 aromatic carbocycles. The number of hydrogen-bond donors (Lipinski definition) is 4. The number of likely N-dealkylation sites (tertiary alicyclic amines) is 1. The molecule has 4 N–H and O–H groups in total. The lowest BCUT2D eigenvalue weighted by atomic mass is 9.67. The normalized spacial score (nSPS) is 17.8. The summed E-state index contributed by atoms with van der Waals surface area (Å²) in [5, 5.41) is 27.3. The van der Waals surface area contributed by atoms with Gasteiger partial charge in [0.25, 0.3) is 5.91 Å². The van der Waals surface area contributed by atoms with Crippen LogP contribution in [0.1, 0.15) is 61.3 Å². The van der Waals surface area contributed by atoms with Crippen molar-refractivity contribution in [3.63, 3.8) is 0 Å². The molecule has 1 atom stereocenters. The van der Waals surface area contributed by atoms with Gasteiger partial charge in [-0.3, -0.25) is 9.59 Å². The van der Waals surface area contributed by atoms with Gasteiger partial charge in [-0.25, -0.2) is 0 Å². The average Bonchev–Trinajstić information content (AvgIpc) is 3.98. The first-order chi connectivity index (χ1) is 24.2. The fraction of sp³-hybridized carbons (Fsp3) is 0.500. The molecular weight excluding hydrogens is 632 g/mol. The molecule has 6 rings (SSSR count). The Bertz CT molecular complexity index is 1620. The molecular formula is C40H52N4O6. The number of piperidine rings is 1. The summed E-state index contributed by atoms with van der Waals surface area (Å²) in [6.07, 6.45) is 5.92. The van der Waals surface area contributed by atoms with Crippen molar-refractivity contribution in [2.45, 2.75) is 63.3 Å². The number of anilines is 1. The number of carbonyl (C=O) groups is 2. The molecule has 1 saturated carbocycles. The zero-order valence-electron chi connectivity index (χ0n) is 29.5. The first-order valence-electron chi connectivity index (χ1n) is 18.2. The quantitative estimate of drug-likeness (QED) is 0.125. The van der Waals surface area contributed by atoms with E-state index in [-0.39, 0.29) is 35.6 Å². The van der Waals surface area contributed by atoms with Crippen LogP contribution < -0.4 is 15.4 Å². The number of benzene rings is 3. The van der Waals surface area contributed by atoms with Crippen molar-refractivity contribution in [1.82, 2.24) is 15.1 Å². The van der Waals surface area contributed by atoms with Crippen molar-refractivity contribution in [3.8, 4) is 17.2 Å². The predicted molar refractivity (Wildman–Crippen MR) is 194 cm³/mol. The molecule has 2 heterocycles. The lowest BCUT2D eigenvalue weighted by molar-refractivity contribution is -0.134. The number of rotatable bonds is 16. The van der Waals surface area contributed by atoms with E-state index >= 15 is 0 Å². The van der Waals surface area contributed by atoms with Crippen LogP contribution in [0.15, 0.2) is 60.7 Å². The lowest BCUT2D eigenvalue weighted by Crippen LogP contribution is -2.44. The minimum Gasteiger partial charge on any atom is -0.508 e. The third-order valence-electron chi connectivity index (χ3n) is 10.8. The van der Waals surface area contributed by atoms with Crippen molar-refractivity contribution in [2.24, 2.45) is 5.92 Å². The van der Waals surface area contributed by atoms with Crippen LogP contribution in [0, 0.1) is 5.92 Å². The topological polar surface area (TPSA) is 124 Å². The molecule has 0 radical (unpaired) electrons. The van der Waals surface area contributed by atoms with Crippen LogP contribution in [-0.2, 0) is 32.6 Å². The van der Waals surface area contributed by atoms with Gasteiger partial charge in [-0.1, -0.05) is 48.5 Å². The lowest BCUT2D eigenvalue weighted by Gasteiger charge is -2.42. The Labute approximate surface area is 295 Å². The van der Waals surface area contributed by atoms with Gasteiger partial charge in [0, 0.05) is 30.1 Å². The van der Waals surface area contributed by atoms with Gasteiger partial charge < -0.3 is 40.1 Å². The number of nitrogens with one attached hydrogen (secondary N) is 2. The standard InChI is InChI=1S/C40H52N4O6/c1-28(30-9-10-30)44(23-20-41-19-14-31-11-13-35(46)38-39(31)50-27-36(47)42-38)37(48)16-25-49-24-15-29-8-12-34(45)33(26-29)40(17-21-43(2)22-18-40)32-6-4-3-5-7-32/h3-8,11-13,26,28,30,41,45-46H,9-10,14-25,27H2,1-2H3,(H,42,47). The fourth-order valence-electron chi connectivity index (χ4n) is 7.54. The number of phenols is 2. The molecule has 3 aromatic rings. The molecule has 10 heteroatoms. The molecule has 0 aromatic heterocycles. The van der Waals surface area contributed by atoms with Crippen LogP contribution >= 0.6 is 0 Å². The largest absolute Gasteiger partial charge is 0.508 e. The Balaban J connectivity index is 0.976. The van der Waals surface area contributed by atoms with Crippen molar-refractivity contribution in [3.05, 3.63) is 82.9 Å². The van der Waals surface area contributed by atoms with E-state index in [2.05, 4.69) is 59.8 Å². The van der Waals surface area contributed by atoms with Gasteiger partial charge in [-0.05, 0) is 107 Å². The van der Waals surface area contributed by atoms with Crippen LogP contribution in [0.4, 0.5) is 5.69 Å². The molecule has 268 valence electrons. The summed E-state index contributed by atoms with van der Waals surface area (Å²) in [4.78, 5) is 29.5. The Morgan fingerprint density at radius 2 is 1.80 bits per heavy atom. The summed E-state index contributed by atoms with van der Waals surface area (Å²) in [6, 6.07) is 20.1. The zero-order chi connectivity index (χ0) is 35.1. The van der Waals surface area contributed by atoms with Gasteiger partial charge in [0.15, 0.2) is 12.4 Å². The van der Waals surface area contributed by atoms with Crippen LogP contribution in [0.2, 0.25) is 0 Å². The number of ether oxygens (including phenoxy) is 2. The summed E-state index contributed by atoms with van der Waals surface area (Å²) in [6.45, 7) is 6.85. The second kappa shape index (κ2) is 16.3. The third-order valence-corrected chi connectivity index (χ3v) is 10.8. The van der Waals surface area contributed by atoms with Gasteiger partial charge in [0.05, 0.1) is 19.6 Å². The van der Waals surface area contributed by atoms with E-state index in [0.717, 1.165) is 55.5 Å². The van der Waals surface area contributed by atoms with Crippen LogP contribution in [0.5, 0.6) is 17.2 Å². The number of nitrogens with zero attached hydrogens (tertiary/aromatic N) is 2. The van der Waals surface area contributed by atoms with Gasteiger partial charge in [0.2, 0.25) is 5.91 Å². The molecule has 2 amide bonds. The summed E-state index contributed by atoms with van der Waals surface area (Å²) in [5.41, 5.74) is 4.37. The van der Waals surface area contributed by atoms with E-state index in [1.807, 2.05) is 29.2 Å². The SMILES string of the molecule is CC(C1CC1)N(CCNCCc1ccc(O)c2c1OCC(=O)N2)C(=O)CCOCCc1ccc(O)c(C2(c3ccccc3)CCN(C)CC2)c1. The molecule has 50 heavy (non-hydrogen) atoms. The summed E-state index contributed by atoms with van der Waals surface area (Å²) < 4.78 is 11.6. The molecule has 1 unspecified atom stereocenters. The van der Waals surface area contributed by atoms with E-state index in [1.54, 1.807) is 6.07 Å². The van der Waals surface area contributed by atoms with Gasteiger partial charge >= 0.3 is 0 Å². The maximum atomic E-state index is 13.4. The van der Waals surface area contributed by atoms with Crippen molar-refractivity contribution >= 4 is 17.5 Å². The summed E-state index contributed by atoms with van der Waals surface area (Å²) >= 11 is 0. The second-order valence-electron chi connectivity index (χ2n) is 14.2. The molecule has 10 nitrogen and oxygen atoms in total. The first-order valence-corrected chi connectivity index (χ1v) is 18.2. The highest BCUT2D eigenvalue weighted by atomic mass is 16.5. The van der Waals surface area contributed by atoms with E-state index in [0.29, 0.717) is 75.2 Å². The molecule has 2 aliphatic heterocycles. The van der Waals surface area contributed by atoms with E-state index in [1.165, 1.54) is 5.56 Å². The Hall–Kier alpha value is -4.12. The Kier molecular flexibility index (Phi) is 11.6. The average molecular weight is 685 g/mol. The second-order valence-corrected chi connectivity index (χ2v) is 14.2. The van der Waals surface area contributed by atoms with Crippen LogP contribution in [0.25, 0.3) is 0 Å². The highest BCUT2D eigenvalue weighted by Gasteiger charge is 2.39. The zero-order valence-corrected chi connectivity index (χ0v) is 29.5. The summed E-state index contributed by atoms with van der Waals surface area (Å²) in [7, 11) is 2.16. The van der Waals surface area contributed by atoms with Crippen LogP contribution in [0.3, 0.4) is 0 Å². The maximum absolute atomic E-state index is 13.4. The number of hydrogen-bond acceptors (Lipinski definition) is 8.